The van der Waals surface area contributed by atoms with E-state index in [0.29, 0.717) is 24.4 Å². The lowest BCUT2D eigenvalue weighted by molar-refractivity contribution is 0.0979. The predicted octanol–water partition coefficient (Wildman–Crippen LogP) is 2.84. The molecular weight excluding hydrogens is 418 g/mol. The lowest BCUT2D eigenvalue weighted by Crippen LogP contribution is -2.35. The van der Waals surface area contributed by atoms with Crippen LogP contribution in [-0.2, 0) is 16.4 Å². The Morgan fingerprint density at radius 2 is 2.06 bits per heavy atom. The van der Waals surface area contributed by atoms with Crippen molar-refractivity contribution < 1.29 is 17.9 Å². The zero-order valence-corrected chi connectivity index (χ0v) is 19.4. The molecule has 0 saturated heterocycles. The first-order chi connectivity index (χ1) is 14.5. The third-order valence-electron chi connectivity index (χ3n) is 5.40. The molecule has 0 aliphatic carbocycles. The molecule has 0 spiro atoms. The van der Waals surface area contributed by atoms with Crippen LogP contribution in [0.4, 0.5) is 0 Å². The SMILES string of the molecule is CCCCOc1cc2c(nc1C)-c1cc(=O)c(C(=O)NS(C)(=O)=O)cn1[C@H](C(C)C)C2. The maximum Gasteiger partial charge on any atom is 0.270 e. The molecule has 0 aromatic carbocycles. The molecule has 31 heavy (non-hydrogen) atoms. The first-order valence-electron chi connectivity index (χ1n) is 10.4. The van der Waals surface area contributed by atoms with Gasteiger partial charge < -0.3 is 9.30 Å². The number of hydrogen-bond donors (Lipinski definition) is 1. The van der Waals surface area contributed by atoms with E-state index in [4.69, 9.17) is 9.72 Å². The summed E-state index contributed by atoms with van der Waals surface area (Å²) >= 11 is 0. The first-order valence-corrected chi connectivity index (χ1v) is 12.3. The topological polar surface area (TPSA) is 107 Å². The highest BCUT2D eigenvalue weighted by Crippen LogP contribution is 2.38. The van der Waals surface area contributed by atoms with Crippen molar-refractivity contribution in [3.8, 4) is 17.1 Å². The van der Waals surface area contributed by atoms with Crippen LogP contribution in [0.3, 0.4) is 0 Å². The fourth-order valence-corrected chi connectivity index (χ4v) is 4.21. The molecule has 168 valence electrons. The second-order valence-corrected chi connectivity index (χ2v) is 10.1. The van der Waals surface area contributed by atoms with Gasteiger partial charge in [0.2, 0.25) is 10.0 Å². The van der Waals surface area contributed by atoms with Crippen molar-refractivity contribution in [3.05, 3.63) is 45.4 Å². The molecule has 1 aliphatic heterocycles. The molecule has 0 saturated carbocycles. The lowest BCUT2D eigenvalue weighted by Gasteiger charge is -2.33. The minimum Gasteiger partial charge on any atom is -0.492 e. The summed E-state index contributed by atoms with van der Waals surface area (Å²) in [5, 5.41) is 0. The maximum atomic E-state index is 12.7. The van der Waals surface area contributed by atoms with Gasteiger partial charge >= 0.3 is 0 Å². The van der Waals surface area contributed by atoms with Crippen LogP contribution >= 0.6 is 0 Å². The van der Waals surface area contributed by atoms with Crippen molar-refractivity contribution >= 4 is 15.9 Å². The highest BCUT2D eigenvalue weighted by molar-refractivity contribution is 7.89. The number of ether oxygens (including phenoxy) is 1. The number of nitrogens with one attached hydrogen (secondary N) is 1. The average Bonchev–Trinajstić information content (AvgIpc) is 2.66. The summed E-state index contributed by atoms with van der Waals surface area (Å²) in [6.07, 6.45) is 4.99. The molecule has 3 heterocycles. The average molecular weight is 448 g/mol. The molecule has 8 nitrogen and oxygen atoms in total. The molecule has 1 atom stereocenters. The van der Waals surface area contributed by atoms with Crippen molar-refractivity contribution in [2.24, 2.45) is 5.92 Å². The Morgan fingerprint density at radius 1 is 1.35 bits per heavy atom. The third-order valence-corrected chi connectivity index (χ3v) is 5.96. The van der Waals surface area contributed by atoms with E-state index in [0.717, 1.165) is 36.1 Å². The van der Waals surface area contributed by atoms with E-state index in [2.05, 4.69) is 20.8 Å². The van der Waals surface area contributed by atoms with E-state index >= 15 is 0 Å². The largest absolute Gasteiger partial charge is 0.492 e. The highest BCUT2D eigenvalue weighted by Gasteiger charge is 2.30. The van der Waals surface area contributed by atoms with Crippen LogP contribution in [0.1, 0.15) is 61.3 Å². The maximum absolute atomic E-state index is 12.7. The summed E-state index contributed by atoms with van der Waals surface area (Å²) in [6, 6.07) is 3.34. The van der Waals surface area contributed by atoms with Gasteiger partial charge in [0.1, 0.15) is 11.3 Å². The van der Waals surface area contributed by atoms with Gasteiger partial charge in [-0.2, -0.15) is 0 Å². The van der Waals surface area contributed by atoms with Crippen LogP contribution in [0, 0.1) is 12.8 Å². The number of amides is 1. The van der Waals surface area contributed by atoms with Crippen LogP contribution in [-0.4, -0.2) is 36.7 Å². The Kier molecular flexibility index (Phi) is 6.54. The summed E-state index contributed by atoms with van der Waals surface area (Å²) in [7, 11) is -3.78. The molecule has 2 aromatic rings. The van der Waals surface area contributed by atoms with Gasteiger partial charge in [0.25, 0.3) is 5.91 Å². The minimum atomic E-state index is -3.78. The summed E-state index contributed by atoms with van der Waals surface area (Å²) in [4.78, 5) is 29.8. The monoisotopic (exact) mass is 447 g/mol. The molecular formula is C22H29N3O5S. The van der Waals surface area contributed by atoms with Gasteiger partial charge in [-0.25, -0.2) is 18.1 Å². The second-order valence-electron chi connectivity index (χ2n) is 8.34. The third kappa shape index (κ3) is 4.98. The van der Waals surface area contributed by atoms with Crippen molar-refractivity contribution in [1.29, 1.82) is 0 Å². The molecule has 0 fully saturated rings. The predicted molar refractivity (Wildman–Crippen MR) is 119 cm³/mol. The van der Waals surface area contributed by atoms with Gasteiger partial charge in [0.15, 0.2) is 5.43 Å². The molecule has 1 N–H and O–H groups in total. The fraction of sp³-hybridized carbons (Fsp3) is 0.500. The zero-order valence-electron chi connectivity index (χ0n) is 18.6. The molecule has 1 amide bonds. The number of rotatable bonds is 7. The molecule has 2 aromatic heterocycles. The van der Waals surface area contributed by atoms with Gasteiger partial charge in [-0.1, -0.05) is 27.2 Å². The molecule has 0 unspecified atom stereocenters. The normalized spacial score (nSPS) is 15.4. The first kappa shape index (κ1) is 23.0. The van der Waals surface area contributed by atoms with Crippen molar-refractivity contribution in [3.63, 3.8) is 0 Å². The molecule has 3 rings (SSSR count). The Bertz CT molecular complexity index is 1170. The summed E-state index contributed by atoms with van der Waals surface area (Å²) in [5.74, 6) is 0.0144. The summed E-state index contributed by atoms with van der Waals surface area (Å²) in [6.45, 7) is 8.72. The molecule has 1 aliphatic rings. The lowest BCUT2D eigenvalue weighted by atomic mass is 9.89. The Morgan fingerprint density at radius 3 is 2.68 bits per heavy atom. The number of fused-ring (bicyclic) bond motifs is 3. The van der Waals surface area contributed by atoms with Crippen LogP contribution in [0.5, 0.6) is 5.75 Å². The standard InChI is InChI=1S/C22H29N3O5S/c1-6-7-8-30-20-10-15-9-17(13(2)3)25-12-16(22(27)24-31(5,28)29)19(26)11-18(25)21(15)23-14(20)4/h10-13,17H,6-9H2,1-5H3,(H,24,27)/t17-/m0/s1. The fourth-order valence-electron chi connectivity index (χ4n) is 3.76. The number of carbonyl (C=O) groups is 1. The Balaban J connectivity index is 2.12. The van der Waals surface area contributed by atoms with E-state index < -0.39 is 21.4 Å². The number of nitrogens with zero attached hydrogens (tertiary/aromatic N) is 2. The van der Waals surface area contributed by atoms with Crippen molar-refractivity contribution in [2.75, 3.05) is 12.9 Å². The summed E-state index contributed by atoms with van der Waals surface area (Å²) in [5.41, 5.74) is 2.26. The van der Waals surface area contributed by atoms with Gasteiger partial charge in [-0.3, -0.25) is 9.59 Å². The van der Waals surface area contributed by atoms with Crippen LogP contribution in [0.2, 0.25) is 0 Å². The summed E-state index contributed by atoms with van der Waals surface area (Å²) < 4.78 is 32.6. The number of sulfonamides is 1. The molecule has 0 bridgehead atoms. The number of pyridine rings is 2. The number of unbranched alkanes of at least 4 members (excludes halogenated alkanes) is 1. The Hall–Kier alpha value is -2.68. The second kappa shape index (κ2) is 8.82. The van der Waals surface area contributed by atoms with Crippen molar-refractivity contribution in [1.82, 2.24) is 14.3 Å². The van der Waals surface area contributed by atoms with E-state index in [-0.39, 0.29) is 17.5 Å². The molecule has 9 heteroatoms. The van der Waals surface area contributed by atoms with E-state index in [1.165, 1.54) is 12.3 Å². The smallest absolute Gasteiger partial charge is 0.270 e. The van der Waals surface area contributed by atoms with Crippen molar-refractivity contribution in [2.45, 2.75) is 53.0 Å². The number of carbonyl (C=O) groups excluding carboxylic acids is 1. The molecule has 0 radical (unpaired) electrons. The minimum absolute atomic E-state index is 0.0270. The Labute approximate surface area is 182 Å². The van der Waals surface area contributed by atoms with Crippen LogP contribution < -0.4 is 14.9 Å². The highest BCUT2D eigenvalue weighted by atomic mass is 32.2. The zero-order chi connectivity index (χ0) is 22.9. The van der Waals surface area contributed by atoms with E-state index in [1.54, 1.807) is 0 Å². The van der Waals surface area contributed by atoms with Gasteiger partial charge in [-0.05, 0) is 37.3 Å². The quantitative estimate of drug-likeness (QED) is 0.654. The van der Waals surface area contributed by atoms with Gasteiger partial charge in [0, 0.05) is 18.3 Å². The van der Waals surface area contributed by atoms with E-state index in [1.807, 2.05) is 22.3 Å². The van der Waals surface area contributed by atoms with Crippen LogP contribution in [0.25, 0.3) is 11.4 Å². The van der Waals surface area contributed by atoms with E-state index in [9.17, 15) is 18.0 Å². The van der Waals surface area contributed by atoms with Gasteiger partial charge in [-0.15, -0.1) is 0 Å². The number of hydrogen-bond acceptors (Lipinski definition) is 6. The van der Waals surface area contributed by atoms with Crippen LogP contribution in [0.15, 0.2) is 23.1 Å². The number of aromatic nitrogens is 2. The van der Waals surface area contributed by atoms with Gasteiger partial charge in [0.05, 0.1) is 29.9 Å². The number of aryl methyl sites for hydroxylation is 1.